The lowest BCUT2D eigenvalue weighted by Crippen LogP contribution is -2.06. The maximum absolute atomic E-state index is 12.0. The second-order valence-electron chi connectivity index (χ2n) is 3.79. The van der Waals surface area contributed by atoms with Gasteiger partial charge in [0.25, 0.3) is 0 Å². The molecule has 0 bridgehead atoms. The zero-order chi connectivity index (χ0) is 12.4. The zero-order valence-corrected chi connectivity index (χ0v) is 10.4. The van der Waals surface area contributed by atoms with E-state index in [1.54, 1.807) is 36.1 Å². The summed E-state index contributed by atoms with van der Waals surface area (Å²) in [5.74, 6) is -0.0522. The molecule has 0 spiro atoms. The number of carbonyl (C=O) groups excluding carboxylic acids is 1. The lowest BCUT2D eigenvalue weighted by atomic mass is 10.1. The van der Waals surface area contributed by atoms with E-state index in [1.807, 2.05) is 6.92 Å². The maximum Gasteiger partial charge on any atom is 0.185 e. The average Bonchev–Trinajstić information content (AvgIpc) is 2.57. The first-order valence-corrected chi connectivity index (χ1v) is 5.59. The van der Waals surface area contributed by atoms with E-state index in [4.69, 9.17) is 11.6 Å². The Morgan fingerprint density at radius 2 is 2.24 bits per heavy atom. The highest BCUT2D eigenvalue weighted by atomic mass is 35.5. The number of pyridine rings is 1. The second kappa shape index (κ2) is 4.67. The average molecular weight is 250 g/mol. The minimum absolute atomic E-state index is 0.0522. The van der Waals surface area contributed by atoms with Crippen LogP contribution in [0.2, 0.25) is 5.15 Å². The molecule has 5 heteroatoms. The third-order valence-corrected chi connectivity index (χ3v) is 3.03. The van der Waals surface area contributed by atoms with Crippen LogP contribution in [-0.4, -0.2) is 20.5 Å². The molecule has 2 aromatic rings. The summed E-state index contributed by atoms with van der Waals surface area (Å²) in [5.41, 5.74) is 2.00. The van der Waals surface area contributed by atoms with Crippen molar-refractivity contribution in [2.75, 3.05) is 0 Å². The number of hydrogen-bond donors (Lipinski definition) is 0. The van der Waals surface area contributed by atoms with Crippen LogP contribution in [0.3, 0.4) is 0 Å². The smallest absolute Gasteiger partial charge is 0.185 e. The number of aromatic nitrogens is 3. The highest BCUT2D eigenvalue weighted by Gasteiger charge is 2.16. The van der Waals surface area contributed by atoms with Crippen molar-refractivity contribution in [2.45, 2.75) is 13.3 Å². The summed E-state index contributed by atoms with van der Waals surface area (Å²) < 4.78 is 1.57. The van der Waals surface area contributed by atoms with Crippen LogP contribution < -0.4 is 0 Å². The summed E-state index contributed by atoms with van der Waals surface area (Å²) in [6.07, 6.45) is 1.83. The van der Waals surface area contributed by atoms with Crippen LogP contribution in [0.4, 0.5) is 0 Å². The number of Topliss-reactive ketones (excluding diaryl/α,β-unsaturated/α-hetero) is 1. The molecule has 2 aromatic heterocycles. The third kappa shape index (κ3) is 2.36. The molecule has 17 heavy (non-hydrogen) atoms. The van der Waals surface area contributed by atoms with Gasteiger partial charge in [0.05, 0.1) is 5.69 Å². The van der Waals surface area contributed by atoms with Gasteiger partial charge in [-0.3, -0.25) is 14.5 Å². The van der Waals surface area contributed by atoms with E-state index in [0.717, 1.165) is 11.3 Å². The summed E-state index contributed by atoms with van der Waals surface area (Å²) >= 11 is 6.07. The topological polar surface area (TPSA) is 47.8 Å². The van der Waals surface area contributed by atoms with E-state index in [2.05, 4.69) is 10.1 Å². The van der Waals surface area contributed by atoms with Crippen molar-refractivity contribution >= 4 is 17.4 Å². The SMILES string of the molecule is Cc1nn(C)c(Cl)c1CC(=O)c1ccccn1. The molecule has 4 nitrogen and oxygen atoms in total. The molecule has 0 unspecified atom stereocenters. The molecule has 0 N–H and O–H groups in total. The van der Waals surface area contributed by atoms with Crippen molar-refractivity contribution in [2.24, 2.45) is 7.05 Å². The number of hydrogen-bond acceptors (Lipinski definition) is 3. The summed E-state index contributed by atoms with van der Waals surface area (Å²) in [7, 11) is 1.75. The molecular weight excluding hydrogens is 238 g/mol. The lowest BCUT2D eigenvalue weighted by molar-refractivity contribution is 0.0988. The first-order chi connectivity index (χ1) is 8.09. The standard InChI is InChI=1S/C12H12ClN3O/c1-8-9(12(13)16(2)15-8)7-11(17)10-5-3-4-6-14-10/h3-6H,7H2,1-2H3. The van der Waals surface area contributed by atoms with Crippen molar-refractivity contribution < 1.29 is 4.79 Å². The van der Waals surface area contributed by atoms with E-state index < -0.39 is 0 Å². The summed E-state index contributed by atoms with van der Waals surface area (Å²) in [6, 6.07) is 5.26. The van der Waals surface area contributed by atoms with Gasteiger partial charge in [0.1, 0.15) is 10.8 Å². The van der Waals surface area contributed by atoms with Crippen LogP contribution in [0.25, 0.3) is 0 Å². The molecule has 0 aliphatic carbocycles. The Kier molecular flexibility index (Phi) is 3.24. The van der Waals surface area contributed by atoms with Crippen LogP contribution in [-0.2, 0) is 13.5 Å². The molecule has 0 amide bonds. The van der Waals surface area contributed by atoms with Gasteiger partial charge in [-0.05, 0) is 19.1 Å². The van der Waals surface area contributed by atoms with Crippen molar-refractivity contribution in [3.63, 3.8) is 0 Å². The molecule has 0 atom stereocenters. The largest absolute Gasteiger partial charge is 0.292 e. The van der Waals surface area contributed by atoms with Crippen molar-refractivity contribution in [1.29, 1.82) is 0 Å². The predicted molar refractivity (Wildman–Crippen MR) is 65.2 cm³/mol. The number of aryl methyl sites for hydroxylation is 2. The number of nitrogens with zero attached hydrogens (tertiary/aromatic N) is 3. The normalized spacial score (nSPS) is 10.5. The number of ketones is 1. The Bertz CT molecular complexity index is 548. The van der Waals surface area contributed by atoms with Crippen molar-refractivity contribution in [3.05, 3.63) is 46.5 Å². The minimum atomic E-state index is -0.0522. The van der Waals surface area contributed by atoms with Gasteiger partial charge in [-0.15, -0.1) is 0 Å². The molecule has 88 valence electrons. The molecule has 0 aromatic carbocycles. The Morgan fingerprint density at radius 3 is 2.76 bits per heavy atom. The van der Waals surface area contributed by atoms with E-state index in [-0.39, 0.29) is 12.2 Å². The monoisotopic (exact) mass is 249 g/mol. The van der Waals surface area contributed by atoms with E-state index in [0.29, 0.717) is 10.8 Å². The third-order valence-electron chi connectivity index (χ3n) is 2.56. The molecule has 0 saturated carbocycles. The van der Waals surface area contributed by atoms with Gasteiger partial charge in [0.15, 0.2) is 5.78 Å². The van der Waals surface area contributed by atoms with Crippen LogP contribution in [0, 0.1) is 6.92 Å². The Hall–Kier alpha value is -1.68. The van der Waals surface area contributed by atoms with Gasteiger partial charge in [0, 0.05) is 25.2 Å². The second-order valence-corrected chi connectivity index (χ2v) is 4.15. The Labute approximate surface area is 104 Å². The summed E-state index contributed by atoms with van der Waals surface area (Å²) in [5, 5.41) is 4.68. The molecule has 0 radical (unpaired) electrons. The lowest BCUT2D eigenvalue weighted by Gasteiger charge is -2.00. The molecule has 0 aliphatic rings. The molecule has 0 saturated heterocycles. The fraction of sp³-hybridized carbons (Fsp3) is 0.250. The Balaban J connectivity index is 2.25. The molecule has 2 heterocycles. The van der Waals surface area contributed by atoms with Crippen LogP contribution >= 0.6 is 11.6 Å². The van der Waals surface area contributed by atoms with Gasteiger partial charge in [-0.25, -0.2) is 0 Å². The van der Waals surface area contributed by atoms with E-state index >= 15 is 0 Å². The van der Waals surface area contributed by atoms with E-state index in [9.17, 15) is 4.79 Å². The maximum atomic E-state index is 12.0. The first kappa shape index (κ1) is 11.8. The number of rotatable bonds is 3. The summed E-state index contributed by atoms with van der Waals surface area (Å²) in [4.78, 5) is 16.0. The van der Waals surface area contributed by atoms with Crippen LogP contribution in [0.1, 0.15) is 21.7 Å². The predicted octanol–water partition coefficient (Wildman–Crippen LogP) is 2.20. The fourth-order valence-corrected chi connectivity index (χ4v) is 1.89. The highest BCUT2D eigenvalue weighted by molar-refractivity contribution is 6.30. The van der Waals surface area contributed by atoms with Gasteiger partial charge in [0.2, 0.25) is 0 Å². The molecule has 0 aliphatic heterocycles. The van der Waals surface area contributed by atoms with Gasteiger partial charge >= 0.3 is 0 Å². The Morgan fingerprint density at radius 1 is 1.47 bits per heavy atom. The number of carbonyl (C=O) groups is 1. The van der Waals surface area contributed by atoms with E-state index in [1.165, 1.54) is 0 Å². The highest BCUT2D eigenvalue weighted by Crippen LogP contribution is 2.20. The number of halogens is 1. The fourth-order valence-electron chi connectivity index (χ4n) is 1.65. The molecule has 2 rings (SSSR count). The molecule has 0 fully saturated rings. The van der Waals surface area contributed by atoms with Crippen molar-refractivity contribution in [1.82, 2.24) is 14.8 Å². The quantitative estimate of drug-likeness (QED) is 0.784. The minimum Gasteiger partial charge on any atom is -0.292 e. The van der Waals surface area contributed by atoms with Crippen LogP contribution in [0.5, 0.6) is 0 Å². The zero-order valence-electron chi connectivity index (χ0n) is 9.64. The summed E-state index contributed by atoms with van der Waals surface area (Å²) in [6.45, 7) is 1.84. The van der Waals surface area contributed by atoms with Gasteiger partial charge < -0.3 is 0 Å². The van der Waals surface area contributed by atoms with Crippen molar-refractivity contribution in [3.8, 4) is 0 Å². The van der Waals surface area contributed by atoms with Gasteiger partial charge in [-0.1, -0.05) is 17.7 Å². The van der Waals surface area contributed by atoms with Crippen LogP contribution in [0.15, 0.2) is 24.4 Å². The first-order valence-electron chi connectivity index (χ1n) is 5.22. The van der Waals surface area contributed by atoms with Gasteiger partial charge in [-0.2, -0.15) is 5.10 Å². The molecular formula is C12H12ClN3O.